The van der Waals surface area contributed by atoms with E-state index in [9.17, 15) is 4.79 Å². The summed E-state index contributed by atoms with van der Waals surface area (Å²) in [6.07, 6.45) is 5.79. The summed E-state index contributed by atoms with van der Waals surface area (Å²) in [6.45, 7) is 10.9. The average Bonchev–Trinajstić information content (AvgIpc) is 2.73. The van der Waals surface area contributed by atoms with E-state index in [-0.39, 0.29) is 5.92 Å². The van der Waals surface area contributed by atoms with E-state index >= 15 is 0 Å². The monoisotopic (exact) mass is 385 g/mol. The minimum atomic E-state index is 0.202. The number of benzene rings is 1. The molecule has 0 aromatic heterocycles. The SMILES string of the molecule is CC(C)CCN(C)C(=O)[C@H]1CCCN(C2CCN(Cc3ccccc3)CC2)C1. The third-order valence-electron chi connectivity index (χ3n) is 6.54. The molecule has 0 bridgehead atoms. The van der Waals surface area contributed by atoms with Gasteiger partial charge in [0.2, 0.25) is 5.91 Å². The molecule has 1 amide bonds. The summed E-state index contributed by atoms with van der Waals surface area (Å²) in [5.74, 6) is 1.22. The smallest absolute Gasteiger partial charge is 0.226 e. The van der Waals surface area contributed by atoms with Crippen LogP contribution in [0.4, 0.5) is 0 Å². The molecule has 3 rings (SSSR count). The van der Waals surface area contributed by atoms with Crippen LogP contribution in [0.5, 0.6) is 0 Å². The van der Waals surface area contributed by atoms with Gasteiger partial charge in [0.1, 0.15) is 0 Å². The van der Waals surface area contributed by atoms with Gasteiger partial charge in [-0.2, -0.15) is 0 Å². The second kappa shape index (κ2) is 10.4. The molecule has 4 nitrogen and oxygen atoms in total. The number of nitrogens with zero attached hydrogens (tertiary/aromatic N) is 3. The van der Waals surface area contributed by atoms with Crippen LogP contribution in [-0.2, 0) is 11.3 Å². The van der Waals surface area contributed by atoms with E-state index in [1.54, 1.807) is 0 Å². The lowest BCUT2D eigenvalue weighted by Crippen LogP contribution is -2.50. The molecule has 2 aliphatic heterocycles. The van der Waals surface area contributed by atoms with E-state index in [2.05, 4.69) is 54.0 Å². The number of likely N-dealkylation sites (tertiary alicyclic amines) is 2. The fraction of sp³-hybridized carbons (Fsp3) is 0.708. The highest BCUT2D eigenvalue weighted by atomic mass is 16.2. The Morgan fingerprint density at radius 3 is 2.50 bits per heavy atom. The molecule has 1 aromatic carbocycles. The lowest BCUT2D eigenvalue weighted by atomic mass is 9.92. The molecular weight excluding hydrogens is 346 g/mol. The van der Waals surface area contributed by atoms with Crippen molar-refractivity contribution in [1.82, 2.24) is 14.7 Å². The van der Waals surface area contributed by atoms with Gasteiger partial charge in [0.25, 0.3) is 0 Å². The van der Waals surface area contributed by atoms with Crippen molar-refractivity contribution in [3.05, 3.63) is 35.9 Å². The molecular formula is C24H39N3O. The first-order chi connectivity index (χ1) is 13.5. The Labute approximate surface area is 171 Å². The quantitative estimate of drug-likeness (QED) is 0.713. The lowest BCUT2D eigenvalue weighted by Gasteiger charge is -2.42. The fourth-order valence-corrected chi connectivity index (χ4v) is 4.70. The van der Waals surface area contributed by atoms with Crippen molar-refractivity contribution in [2.45, 2.75) is 58.5 Å². The van der Waals surface area contributed by atoms with Crippen LogP contribution in [0.15, 0.2) is 30.3 Å². The van der Waals surface area contributed by atoms with Crippen molar-refractivity contribution in [3.63, 3.8) is 0 Å². The zero-order valence-corrected chi connectivity index (χ0v) is 18.1. The molecule has 2 aliphatic rings. The largest absolute Gasteiger partial charge is 0.345 e. The average molecular weight is 386 g/mol. The highest BCUT2D eigenvalue weighted by Gasteiger charge is 2.32. The van der Waals surface area contributed by atoms with Crippen LogP contribution in [0.25, 0.3) is 0 Å². The van der Waals surface area contributed by atoms with Gasteiger partial charge in [-0.3, -0.25) is 14.6 Å². The normalized spacial score (nSPS) is 22.5. The Bertz CT molecular complexity index is 595. The Morgan fingerprint density at radius 2 is 1.82 bits per heavy atom. The number of hydrogen-bond acceptors (Lipinski definition) is 3. The molecule has 156 valence electrons. The Hall–Kier alpha value is -1.39. The van der Waals surface area contributed by atoms with Gasteiger partial charge < -0.3 is 4.90 Å². The van der Waals surface area contributed by atoms with Crippen LogP contribution >= 0.6 is 0 Å². The van der Waals surface area contributed by atoms with Crippen LogP contribution in [0.3, 0.4) is 0 Å². The minimum Gasteiger partial charge on any atom is -0.345 e. The predicted molar refractivity (Wildman–Crippen MR) is 116 cm³/mol. The van der Waals surface area contributed by atoms with E-state index in [1.807, 2.05) is 11.9 Å². The first kappa shape index (κ1) is 21.3. The minimum absolute atomic E-state index is 0.202. The van der Waals surface area contributed by atoms with Gasteiger partial charge in [0.05, 0.1) is 5.92 Å². The van der Waals surface area contributed by atoms with Crippen LogP contribution in [0.2, 0.25) is 0 Å². The number of rotatable bonds is 7. The van der Waals surface area contributed by atoms with Crippen molar-refractivity contribution in [2.75, 3.05) is 39.8 Å². The highest BCUT2D eigenvalue weighted by Crippen LogP contribution is 2.25. The number of piperidine rings is 2. The van der Waals surface area contributed by atoms with Crippen molar-refractivity contribution in [1.29, 1.82) is 0 Å². The van der Waals surface area contributed by atoms with Crippen LogP contribution < -0.4 is 0 Å². The molecule has 0 N–H and O–H groups in total. The maximum Gasteiger partial charge on any atom is 0.226 e. The standard InChI is InChI=1S/C24H39N3O/c1-20(2)11-15-25(3)24(28)22-10-7-14-27(19-22)23-12-16-26(17-13-23)18-21-8-5-4-6-9-21/h4-6,8-9,20,22-23H,7,10-19H2,1-3H3/t22-/m0/s1. The summed E-state index contributed by atoms with van der Waals surface area (Å²) >= 11 is 0. The van der Waals surface area contributed by atoms with Crippen LogP contribution in [0, 0.1) is 11.8 Å². The van der Waals surface area contributed by atoms with E-state index in [4.69, 9.17) is 0 Å². The molecule has 0 spiro atoms. The van der Waals surface area contributed by atoms with Gasteiger partial charge in [-0.1, -0.05) is 44.2 Å². The highest BCUT2D eigenvalue weighted by molar-refractivity contribution is 5.78. The molecule has 2 saturated heterocycles. The number of amides is 1. The molecule has 0 unspecified atom stereocenters. The van der Waals surface area contributed by atoms with Gasteiger partial charge in [-0.15, -0.1) is 0 Å². The predicted octanol–water partition coefficient (Wildman–Crippen LogP) is 3.87. The summed E-state index contributed by atoms with van der Waals surface area (Å²) in [7, 11) is 1.99. The molecule has 28 heavy (non-hydrogen) atoms. The third-order valence-corrected chi connectivity index (χ3v) is 6.54. The maximum absolute atomic E-state index is 12.9. The summed E-state index contributed by atoms with van der Waals surface area (Å²) in [4.78, 5) is 20.1. The molecule has 1 atom stereocenters. The lowest BCUT2D eigenvalue weighted by molar-refractivity contribution is -0.136. The van der Waals surface area contributed by atoms with Crippen molar-refractivity contribution >= 4 is 5.91 Å². The summed E-state index contributed by atoms with van der Waals surface area (Å²) in [5, 5.41) is 0. The Morgan fingerprint density at radius 1 is 1.11 bits per heavy atom. The summed E-state index contributed by atoms with van der Waals surface area (Å²) in [6, 6.07) is 11.5. The molecule has 1 aromatic rings. The third kappa shape index (κ3) is 6.05. The van der Waals surface area contributed by atoms with Crippen molar-refractivity contribution in [3.8, 4) is 0 Å². The fourth-order valence-electron chi connectivity index (χ4n) is 4.70. The molecule has 2 heterocycles. The van der Waals surface area contributed by atoms with Gasteiger partial charge in [0, 0.05) is 32.7 Å². The molecule has 4 heteroatoms. The second-order valence-electron chi connectivity index (χ2n) is 9.27. The van der Waals surface area contributed by atoms with Crippen molar-refractivity contribution < 1.29 is 4.79 Å². The summed E-state index contributed by atoms with van der Waals surface area (Å²) in [5.41, 5.74) is 1.41. The zero-order valence-electron chi connectivity index (χ0n) is 18.1. The maximum atomic E-state index is 12.9. The first-order valence-electron chi connectivity index (χ1n) is 11.3. The van der Waals surface area contributed by atoms with E-state index in [0.717, 1.165) is 32.5 Å². The van der Waals surface area contributed by atoms with E-state index in [0.29, 0.717) is 17.9 Å². The molecule has 0 radical (unpaired) electrons. The molecule has 2 fully saturated rings. The van der Waals surface area contributed by atoms with E-state index < -0.39 is 0 Å². The van der Waals surface area contributed by atoms with Gasteiger partial charge in [0.15, 0.2) is 0 Å². The summed E-state index contributed by atoms with van der Waals surface area (Å²) < 4.78 is 0. The second-order valence-corrected chi connectivity index (χ2v) is 9.27. The number of carbonyl (C=O) groups excluding carboxylic acids is 1. The number of hydrogen-bond donors (Lipinski definition) is 0. The topological polar surface area (TPSA) is 26.8 Å². The Kier molecular flexibility index (Phi) is 7.92. The molecule has 0 saturated carbocycles. The van der Waals surface area contributed by atoms with Gasteiger partial charge in [-0.25, -0.2) is 0 Å². The number of carbonyl (C=O) groups is 1. The van der Waals surface area contributed by atoms with Gasteiger partial charge in [-0.05, 0) is 63.2 Å². The van der Waals surface area contributed by atoms with Crippen LogP contribution in [-0.4, -0.2) is 66.4 Å². The molecule has 0 aliphatic carbocycles. The van der Waals surface area contributed by atoms with E-state index in [1.165, 1.54) is 44.5 Å². The van der Waals surface area contributed by atoms with Gasteiger partial charge >= 0.3 is 0 Å². The first-order valence-corrected chi connectivity index (χ1v) is 11.3. The Balaban J connectivity index is 1.45. The zero-order chi connectivity index (χ0) is 19.9. The van der Waals surface area contributed by atoms with Crippen molar-refractivity contribution in [2.24, 2.45) is 11.8 Å². The van der Waals surface area contributed by atoms with Crippen LogP contribution in [0.1, 0.15) is 51.5 Å².